The van der Waals surface area contributed by atoms with E-state index in [1.54, 1.807) is 12.1 Å². The molecule has 0 radical (unpaired) electrons. The van der Waals surface area contributed by atoms with E-state index < -0.39 is 35.6 Å². The molecule has 2 N–H and O–H groups in total. The topological polar surface area (TPSA) is 149 Å². The largest absolute Gasteiger partial charge is 0.478 e. The number of para-hydroxylation sites is 2. The van der Waals surface area contributed by atoms with Gasteiger partial charge in [0, 0.05) is 0 Å². The van der Waals surface area contributed by atoms with Crippen LogP contribution >= 0.6 is 0 Å². The minimum Gasteiger partial charge on any atom is -0.478 e. The number of benzene rings is 4. The number of carbonyl (C=O) groups excluding carboxylic acids is 4. The summed E-state index contributed by atoms with van der Waals surface area (Å²) in [6.45, 7) is 0. The van der Waals surface area contributed by atoms with Crippen LogP contribution in [0.25, 0.3) is 11.1 Å². The number of hydrogen-bond donors (Lipinski definition) is 2. The Labute approximate surface area is 225 Å². The molecule has 0 saturated carbocycles. The van der Waals surface area contributed by atoms with Gasteiger partial charge in [-0.2, -0.15) is 0 Å². The third-order valence-electron chi connectivity index (χ3n) is 6.86. The van der Waals surface area contributed by atoms with Crippen molar-refractivity contribution in [2.24, 2.45) is 0 Å². The summed E-state index contributed by atoms with van der Waals surface area (Å²) >= 11 is 0. The Bertz CT molecular complexity index is 1720. The van der Waals surface area contributed by atoms with E-state index in [4.69, 9.17) is 0 Å². The van der Waals surface area contributed by atoms with E-state index in [1.165, 1.54) is 72.8 Å². The van der Waals surface area contributed by atoms with E-state index in [-0.39, 0.29) is 44.8 Å². The summed E-state index contributed by atoms with van der Waals surface area (Å²) in [5.41, 5.74) is 0.751. The minimum atomic E-state index is -1.29. The molecule has 2 aliphatic rings. The van der Waals surface area contributed by atoms with Crippen LogP contribution in [0, 0.1) is 0 Å². The van der Waals surface area contributed by atoms with Crippen molar-refractivity contribution in [3.63, 3.8) is 0 Å². The molecule has 0 unspecified atom stereocenters. The molecule has 0 spiro atoms. The molecule has 0 aromatic heterocycles. The first-order chi connectivity index (χ1) is 19.2. The number of aromatic carboxylic acids is 2. The van der Waals surface area contributed by atoms with E-state index >= 15 is 0 Å². The number of carboxylic acids is 2. The van der Waals surface area contributed by atoms with Crippen LogP contribution in [0.5, 0.6) is 0 Å². The van der Waals surface area contributed by atoms with E-state index in [0.29, 0.717) is 11.1 Å². The van der Waals surface area contributed by atoms with Gasteiger partial charge in [-0.3, -0.25) is 19.2 Å². The second-order valence-electron chi connectivity index (χ2n) is 9.06. The number of carbonyl (C=O) groups is 6. The van der Waals surface area contributed by atoms with Gasteiger partial charge in [0.1, 0.15) is 0 Å². The number of carboxylic acid groups (broad SMARTS) is 2. The first-order valence-electron chi connectivity index (χ1n) is 11.9. The predicted molar refractivity (Wildman–Crippen MR) is 141 cm³/mol. The van der Waals surface area contributed by atoms with E-state index in [9.17, 15) is 39.0 Å². The Morgan fingerprint density at radius 2 is 0.825 bits per heavy atom. The van der Waals surface area contributed by atoms with Crippen LogP contribution in [0.1, 0.15) is 62.1 Å². The number of fused-ring (bicyclic) bond motifs is 2. The van der Waals surface area contributed by atoms with Crippen LogP contribution in [0.4, 0.5) is 11.4 Å². The lowest BCUT2D eigenvalue weighted by Crippen LogP contribution is -2.30. The maximum absolute atomic E-state index is 13.3. The monoisotopic (exact) mass is 532 g/mol. The maximum Gasteiger partial charge on any atom is 0.337 e. The Morgan fingerprint density at radius 3 is 1.20 bits per heavy atom. The second-order valence-corrected chi connectivity index (χ2v) is 9.06. The van der Waals surface area contributed by atoms with Gasteiger partial charge in [-0.25, -0.2) is 19.4 Å². The molecule has 0 atom stereocenters. The molecule has 0 bridgehead atoms. The Hall–Kier alpha value is -5.90. The summed E-state index contributed by atoms with van der Waals surface area (Å²) in [6, 6.07) is 20.4. The molecule has 10 nitrogen and oxygen atoms in total. The fraction of sp³-hybridized carbons (Fsp3) is 0. The standard InChI is InChI=1S/C30H16N2O8/c33-25-17-11-9-15(13-21(17)27(35)31(25)23-7-3-1-5-19(23)29(37)38)16-10-12-18-22(14-16)28(36)32(26(18)34)24-8-4-2-6-20(24)30(39)40/h1-14H,(H,37,38)(H,39,40). The third kappa shape index (κ3) is 3.51. The van der Waals surface area contributed by atoms with E-state index in [2.05, 4.69) is 0 Å². The lowest BCUT2D eigenvalue weighted by molar-refractivity contribution is 0.0686. The fourth-order valence-electron chi connectivity index (χ4n) is 4.98. The van der Waals surface area contributed by atoms with Crippen molar-refractivity contribution in [1.82, 2.24) is 0 Å². The highest BCUT2D eigenvalue weighted by Crippen LogP contribution is 2.36. The summed E-state index contributed by atoms with van der Waals surface area (Å²) in [4.78, 5) is 77.8. The van der Waals surface area contributed by atoms with E-state index in [0.717, 1.165) is 9.80 Å². The summed E-state index contributed by atoms with van der Waals surface area (Å²) in [5, 5.41) is 19.1. The molecule has 4 aromatic carbocycles. The fourth-order valence-corrected chi connectivity index (χ4v) is 4.98. The first-order valence-corrected chi connectivity index (χ1v) is 11.9. The summed E-state index contributed by atoms with van der Waals surface area (Å²) < 4.78 is 0. The lowest BCUT2D eigenvalue weighted by atomic mass is 9.97. The molecule has 10 heteroatoms. The van der Waals surface area contributed by atoms with Crippen LogP contribution in [-0.4, -0.2) is 45.8 Å². The van der Waals surface area contributed by atoms with Gasteiger partial charge in [0.25, 0.3) is 23.6 Å². The molecule has 40 heavy (non-hydrogen) atoms. The van der Waals surface area contributed by atoms with Gasteiger partial charge in [0.2, 0.25) is 0 Å². The third-order valence-corrected chi connectivity index (χ3v) is 6.86. The first kappa shape index (κ1) is 24.4. The average Bonchev–Trinajstić information content (AvgIpc) is 3.36. The molecule has 2 aliphatic heterocycles. The number of imide groups is 2. The molecule has 2 heterocycles. The minimum absolute atomic E-state index is 0.0499. The Kier molecular flexibility index (Phi) is 5.40. The lowest BCUT2D eigenvalue weighted by Gasteiger charge is -2.16. The molecule has 6 rings (SSSR count). The zero-order valence-electron chi connectivity index (χ0n) is 20.3. The zero-order chi connectivity index (χ0) is 28.3. The van der Waals surface area contributed by atoms with Gasteiger partial charge in [-0.15, -0.1) is 0 Å². The molecule has 0 saturated heterocycles. The number of rotatable bonds is 5. The molecular formula is C30H16N2O8. The maximum atomic E-state index is 13.3. The highest BCUT2D eigenvalue weighted by Gasteiger charge is 2.40. The van der Waals surface area contributed by atoms with Gasteiger partial charge < -0.3 is 10.2 Å². The van der Waals surface area contributed by atoms with Crippen molar-refractivity contribution in [2.75, 3.05) is 9.80 Å². The smallest absolute Gasteiger partial charge is 0.337 e. The van der Waals surface area contributed by atoms with Gasteiger partial charge in [-0.05, 0) is 59.7 Å². The highest BCUT2D eigenvalue weighted by atomic mass is 16.4. The van der Waals surface area contributed by atoms with Crippen molar-refractivity contribution >= 4 is 46.9 Å². The average molecular weight is 532 g/mol. The van der Waals surface area contributed by atoms with Gasteiger partial charge in [0.15, 0.2) is 0 Å². The normalized spacial score (nSPS) is 14.0. The van der Waals surface area contributed by atoms with Crippen molar-refractivity contribution in [1.29, 1.82) is 0 Å². The zero-order valence-corrected chi connectivity index (χ0v) is 20.3. The molecule has 4 aromatic rings. The van der Waals surface area contributed by atoms with Crippen LogP contribution in [0.15, 0.2) is 84.9 Å². The quantitative estimate of drug-likeness (QED) is 0.360. The van der Waals surface area contributed by atoms with Crippen molar-refractivity contribution in [3.05, 3.63) is 118 Å². The van der Waals surface area contributed by atoms with Crippen molar-refractivity contribution < 1.29 is 39.0 Å². The van der Waals surface area contributed by atoms with Gasteiger partial charge in [-0.1, -0.05) is 36.4 Å². The molecule has 0 aliphatic carbocycles. The van der Waals surface area contributed by atoms with Crippen LogP contribution < -0.4 is 9.80 Å². The van der Waals surface area contributed by atoms with Crippen molar-refractivity contribution in [2.45, 2.75) is 0 Å². The Balaban J connectivity index is 1.38. The van der Waals surface area contributed by atoms with Crippen molar-refractivity contribution in [3.8, 4) is 11.1 Å². The van der Waals surface area contributed by atoms with E-state index in [1.807, 2.05) is 0 Å². The Morgan fingerprint density at radius 1 is 0.475 bits per heavy atom. The van der Waals surface area contributed by atoms with Crippen LogP contribution in [0.3, 0.4) is 0 Å². The van der Waals surface area contributed by atoms with Gasteiger partial charge in [0.05, 0.1) is 44.8 Å². The van der Waals surface area contributed by atoms with Crippen LogP contribution in [0.2, 0.25) is 0 Å². The highest BCUT2D eigenvalue weighted by molar-refractivity contribution is 6.36. The van der Waals surface area contributed by atoms with Gasteiger partial charge >= 0.3 is 11.9 Å². The summed E-state index contributed by atoms with van der Waals surface area (Å²) in [6.07, 6.45) is 0. The summed E-state index contributed by atoms with van der Waals surface area (Å²) in [7, 11) is 0. The number of hydrogen-bond acceptors (Lipinski definition) is 6. The SMILES string of the molecule is O=C(O)c1ccccc1N1C(=O)c2ccc(-c3ccc4c(c3)C(=O)N(c3ccccc3C(=O)O)C4=O)cc2C1=O. The number of nitrogens with zero attached hydrogens (tertiary/aromatic N) is 2. The second kappa shape index (κ2) is 8.84. The summed E-state index contributed by atoms with van der Waals surface area (Å²) in [5.74, 6) is -5.29. The van der Waals surface area contributed by atoms with Crippen LogP contribution in [-0.2, 0) is 0 Å². The number of anilines is 2. The predicted octanol–water partition coefficient (Wildman–Crippen LogP) is 4.35. The molecule has 4 amide bonds. The molecule has 194 valence electrons. The molecule has 0 fully saturated rings. The number of amides is 4. The molecular weight excluding hydrogens is 516 g/mol.